The number of likely N-dealkylation sites (N-methyl/N-ethyl adjacent to an activating group) is 1. The van der Waals surface area contributed by atoms with Gasteiger partial charge in [-0.2, -0.15) is 0 Å². The van der Waals surface area contributed by atoms with Crippen molar-refractivity contribution in [3.63, 3.8) is 0 Å². The molecule has 1 heterocycles. The van der Waals surface area contributed by atoms with Crippen LogP contribution < -0.4 is 4.90 Å². The zero-order chi connectivity index (χ0) is 22.4. The van der Waals surface area contributed by atoms with Crippen molar-refractivity contribution in [3.05, 3.63) is 48.5 Å². The number of sulfone groups is 1. The van der Waals surface area contributed by atoms with E-state index in [0.29, 0.717) is 23.1 Å². The summed E-state index contributed by atoms with van der Waals surface area (Å²) in [6.07, 6.45) is 2.46. The highest BCUT2D eigenvalue weighted by molar-refractivity contribution is 7.98. The monoisotopic (exact) mass is 513 g/mol. The minimum absolute atomic E-state index is 0. The number of fused-ring (bicyclic) bond motifs is 1. The van der Waals surface area contributed by atoms with Crippen LogP contribution >= 0.6 is 35.5 Å². The molecular weight excluding hydrogens is 486 g/mol. The predicted octanol–water partition coefficient (Wildman–Crippen LogP) is 4.59. The first-order valence-electron chi connectivity index (χ1n) is 9.97. The quantitative estimate of drug-likeness (QED) is 0.369. The summed E-state index contributed by atoms with van der Waals surface area (Å²) in [5, 5.41) is 0.658. The van der Waals surface area contributed by atoms with Crippen LogP contribution in [0.3, 0.4) is 0 Å². The molecule has 174 valence electrons. The number of amides is 1. The highest BCUT2D eigenvalue weighted by Crippen LogP contribution is 2.32. The van der Waals surface area contributed by atoms with Crippen LogP contribution in [0.1, 0.15) is 12.8 Å². The van der Waals surface area contributed by atoms with Crippen LogP contribution in [0.5, 0.6) is 0 Å². The van der Waals surface area contributed by atoms with Crippen LogP contribution in [0.2, 0.25) is 0 Å². The third kappa shape index (κ3) is 6.92. The minimum Gasteiger partial charge on any atom is -0.308 e. The second-order valence-corrected chi connectivity index (χ2v) is 11.4. The van der Waals surface area contributed by atoms with Crippen molar-refractivity contribution < 1.29 is 13.2 Å². The first-order chi connectivity index (χ1) is 14.8. The van der Waals surface area contributed by atoms with Gasteiger partial charge in [-0.05, 0) is 57.1 Å². The molecule has 0 saturated carbocycles. The van der Waals surface area contributed by atoms with Gasteiger partial charge in [0, 0.05) is 24.4 Å². The number of benzene rings is 2. The average Bonchev–Trinajstić information content (AvgIpc) is 3.17. The number of rotatable bonds is 10. The van der Waals surface area contributed by atoms with Crippen molar-refractivity contribution in [1.29, 1.82) is 0 Å². The van der Waals surface area contributed by atoms with Gasteiger partial charge in [0.2, 0.25) is 5.91 Å². The van der Waals surface area contributed by atoms with Crippen LogP contribution in [0.15, 0.2) is 58.3 Å². The maximum atomic E-state index is 13.1. The number of carbonyl (C=O) groups is 1. The number of aromatic nitrogens is 1. The van der Waals surface area contributed by atoms with Crippen molar-refractivity contribution in [2.45, 2.75) is 22.6 Å². The molecule has 1 amide bonds. The van der Waals surface area contributed by atoms with Crippen LogP contribution in [-0.2, 0) is 14.6 Å². The Kier molecular flexibility index (Phi) is 9.97. The Morgan fingerprint density at radius 2 is 1.81 bits per heavy atom. The maximum Gasteiger partial charge on any atom is 0.228 e. The van der Waals surface area contributed by atoms with E-state index in [2.05, 4.69) is 11.1 Å². The molecule has 0 spiro atoms. The summed E-state index contributed by atoms with van der Waals surface area (Å²) in [5.74, 6) is -0.157. The van der Waals surface area contributed by atoms with Crippen LogP contribution in [0, 0.1) is 0 Å². The van der Waals surface area contributed by atoms with Crippen LogP contribution in [0.25, 0.3) is 10.2 Å². The molecule has 0 N–H and O–H groups in total. The molecule has 0 fully saturated rings. The number of nitrogens with zero attached hydrogens (tertiary/aromatic N) is 3. The van der Waals surface area contributed by atoms with E-state index in [-0.39, 0.29) is 36.9 Å². The van der Waals surface area contributed by atoms with Gasteiger partial charge >= 0.3 is 0 Å². The van der Waals surface area contributed by atoms with E-state index in [1.165, 1.54) is 11.3 Å². The fourth-order valence-electron chi connectivity index (χ4n) is 3.06. The molecule has 6 nitrogen and oxygen atoms in total. The highest BCUT2D eigenvalue weighted by atomic mass is 35.5. The minimum atomic E-state index is -3.39. The van der Waals surface area contributed by atoms with E-state index in [1.807, 2.05) is 37.4 Å². The fraction of sp³-hybridized carbons (Fsp3) is 0.364. The summed E-state index contributed by atoms with van der Waals surface area (Å²) in [5.41, 5.74) is 0.868. The van der Waals surface area contributed by atoms with Gasteiger partial charge in [-0.3, -0.25) is 9.69 Å². The number of anilines is 1. The van der Waals surface area contributed by atoms with Gasteiger partial charge in [0.15, 0.2) is 15.0 Å². The second-order valence-electron chi connectivity index (χ2n) is 7.41. The van der Waals surface area contributed by atoms with Crippen LogP contribution in [-0.4, -0.2) is 63.4 Å². The van der Waals surface area contributed by atoms with Gasteiger partial charge < -0.3 is 4.90 Å². The average molecular weight is 514 g/mol. The lowest BCUT2D eigenvalue weighted by Crippen LogP contribution is -2.36. The van der Waals surface area contributed by atoms with Crippen molar-refractivity contribution in [1.82, 2.24) is 9.88 Å². The van der Waals surface area contributed by atoms with E-state index >= 15 is 0 Å². The molecule has 3 aromatic rings. The molecule has 3 rings (SSSR count). The van der Waals surface area contributed by atoms with Crippen molar-refractivity contribution in [3.8, 4) is 0 Å². The standard InChI is InChI=1S/C22H27N3O3S3.ClH/c1-24(2)13-14-25(22-23-19-12-11-17(29-3)16-20(19)30-22)21(26)10-7-15-31(27,28)18-8-5-4-6-9-18;/h4-6,8-9,11-12,16H,7,10,13-15H2,1-3H3;1H. The Labute approximate surface area is 204 Å². The van der Waals surface area contributed by atoms with Gasteiger partial charge in [0.25, 0.3) is 0 Å². The van der Waals surface area contributed by atoms with Gasteiger partial charge in [-0.25, -0.2) is 13.4 Å². The number of halogens is 1. The summed E-state index contributed by atoms with van der Waals surface area (Å²) in [6.45, 7) is 1.20. The van der Waals surface area contributed by atoms with E-state index in [0.717, 1.165) is 15.1 Å². The van der Waals surface area contributed by atoms with Gasteiger partial charge in [0.05, 0.1) is 20.9 Å². The lowest BCUT2D eigenvalue weighted by Gasteiger charge is -2.22. The molecule has 10 heteroatoms. The zero-order valence-corrected chi connectivity index (χ0v) is 21.6. The molecule has 0 aliphatic heterocycles. The van der Waals surface area contributed by atoms with E-state index in [9.17, 15) is 13.2 Å². The normalized spacial score (nSPS) is 11.5. The Morgan fingerprint density at radius 3 is 2.47 bits per heavy atom. The SMILES string of the molecule is CSc1ccc2nc(N(CCN(C)C)C(=O)CCCS(=O)(=O)c3ccccc3)sc2c1.Cl. The Balaban J connectivity index is 0.00000363. The first-order valence-corrected chi connectivity index (χ1v) is 13.7. The molecule has 0 bridgehead atoms. The summed E-state index contributed by atoms with van der Waals surface area (Å²) in [4.78, 5) is 22.9. The summed E-state index contributed by atoms with van der Waals surface area (Å²) < 4.78 is 26.0. The van der Waals surface area contributed by atoms with Crippen molar-refractivity contribution in [2.75, 3.05) is 44.1 Å². The third-order valence-corrected chi connectivity index (χ3v) is 8.38. The number of carbonyl (C=O) groups excluding carboxylic acids is 1. The molecule has 32 heavy (non-hydrogen) atoms. The topological polar surface area (TPSA) is 70.6 Å². The van der Waals surface area contributed by atoms with Gasteiger partial charge in [-0.15, -0.1) is 24.2 Å². The number of thioether (sulfide) groups is 1. The molecule has 0 radical (unpaired) electrons. The van der Waals surface area contributed by atoms with Gasteiger partial charge in [-0.1, -0.05) is 29.5 Å². The second kappa shape index (κ2) is 12.0. The maximum absolute atomic E-state index is 13.1. The lowest BCUT2D eigenvalue weighted by molar-refractivity contribution is -0.118. The number of hydrogen-bond acceptors (Lipinski definition) is 7. The van der Waals surface area contributed by atoms with E-state index in [1.54, 1.807) is 47.0 Å². The van der Waals surface area contributed by atoms with E-state index < -0.39 is 9.84 Å². The summed E-state index contributed by atoms with van der Waals surface area (Å²) >= 11 is 3.16. The van der Waals surface area contributed by atoms with Crippen molar-refractivity contribution in [2.24, 2.45) is 0 Å². The molecule has 1 aromatic heterocycles. The predicted molar refractivity (Wildman–Crippen MR) is 137 cm³/mol. The molecule has 0 saturated heterocycles. The molecule has 0 unspecified atom stereocenters. The smallest absolute Gasteiger partial charge is 0.228 e. The molecule has 0 atom stereocenters. The molecule has 2 aromatic carbocycles. The lowest BCUT2D eigenvalue weighted by atomic mass is 10.3. The number of thiazole rings is 1. The zero-order valence-electron chi connectivity index (χ0n) is 18.4. The van der Waals surface area contributed by atoms with Crippen molar-refractivity contribution >= 4 is 66.6 Å². The van der Waals surface area contributed by atoms with E-state index in [4.69, 9.17) is 0 Å². The molecular formula is C22H28ClN3O3S3. The first kappa shape index (κ1) is 26.6. The summed E-state index contributed by atoms with van der Waals surface area (Å²) in [6, 6.07) is 14.5. The third-order valence-electron chi connectivity index (χ3n) is 4.79. The fourth-order valence-corrected chi connectivity index (χ4v) is 5.95. The Bertz CT molecular complexity index is 1140. The molecule has 0 aliphatic rings. The van der Waals surface area contributed by atoms with Gasteiger partial charge in [0.1, 0.15) is 0 Å². The largest absolute Gasteiger partial charge is 0.308 e. The Morgan fingerprint density at radius 1 is 1.09 bits per heavy atom. The van der Waals surface area contributed by atoms with Crippen LogP contribution in [0.4, 0.5) is 5.13 Å². The summed E-state index contributed by atoms with van der Waals surface area (Å²) in [7, 11) is 0.519. The molecule has 0 aliphatic carbocycles. The number of hydrogen-bond donors (Lipinski definition) is 0. The Hall–Kier alpha value is -1.65. The highest BCUT2D eigenvalue weighted by Gasteiger charge is 2.21.